The number of carbonyl (C=O) groups is 1. The number of non-ortho nitro benzene ring substituents is 1. The highest BCUT2D eigenvalue weighted by molar-refractivity contribution is 7.92. The van der Waals surface area contributed by atoms with E-state index in [2.05, 4.69) is 5.32 Å². The number of carbonyl (C=O) groups excluding carboxylic acids is 1. The third kappa shape index (κ3) is 6.26. The second-order valence-corrected chi connectivity index (χ2v) is 8.47. The number of hydrogen-bond donors (Lipinski definition) is 1. The standard InChI is InChI=1S/C19H24N4O5S/c1-21(2)14-6-13-20-19(24)15-22(16-9-11-17(12-10-16)23(25)26)29(27,28)18-7-4-3-5-8-18/h3-5,7-12H,6,13-15H2,1-2H3,(H,20,24). The lowest BCUT2D eigenvalue weighted by Crippen LogP contribution is -2.41. The minimum absolute atomic E-state index is 0.0266. The lowest BCUT2D eigenvalue weighted by molar-refractivity contribution is -0.384. The summed E-state index contributed by atoms with van der Waals surface area (Å²) >= 11 is 0. The normalized spacial score (nSPS) is 11.3. The smallest absolute Gasteiger partial charge is 0.269 e. The molecule has 0 bridgehead atoms. The summed E-state index contributed by atoms with van der Waals surface area (Å²) in [4.78, 5) is 24.7. The Labute approximate surface area is 170 Å². The number of nitrogens with one attached hydrogen (secondary N) is 1. The van der Waals surface area contributed by atoms with Crippen LogP contribution in [-0.4, -0.2) is 57.9 Å². The summed E-state index contributed by atoms with van der Waals surface area (Å²) in [6.07, 6.45) is 0.724. The van der Waals surface area contributed by atoms with Crippen molar-refractivity contribution in [1.82, 2.24) is 10.2 Å². The molecule has 0 spiro atoms. The van der Waals surface area contributed by atoms with Gasteiger partial charge in [0.25, 0.3) is 15.7 Å². The first-order valence-corrected chi connectivity index (χ1v) is 10.4. The van der Waals surface area contributed by atoms with E-state index >= 15 is 0 Å². The van der Waals surface area contributed by atoms with Crippen LogP contribution in [0.4, 0.5) is 11.4 Å². The Morgan fingerprint density at radius 3 is 2.24 bits per heavy atom. The lowest BCUT2D eigenvalue weighted by atomic mass is 10.3. The van der Waals surface area contributed by atoms with Gasteiger partial charge < -0.3 is 10.2 Å². The van der Waals surface area contributed by atoms with Gasteiger partial charge in [0.05, 0.1) is 15.5 Å². The van der Waals surface area contributed by atoms with E-state index in [0.717, 1.165) is 17.3 Å². The van der Waals surface area contributed by atoms with E-state index in [0.29, 0.717) is 6.54 Å². The van der Waals surface area contributed by atoms with E-state index < -0.39 is 27.4 Å². The molecule has 156 valence electrons. The molecule has 0 fully saturated rings. The molecule has 0 radical (unpaired) electrons. The summed E-state index contributed by atoms with van der Waals surface area (Å²) in [6, 6.07) is 12.8. The third-order valence-electron chi connectivity index (χ3n) is 4.07. The quantitative estimate of drug-likeness (QED) is 0.357. The molecule has 0 heterocycles. The fourth-order valence-electron chi connectivity index (χ4n) is 2.58. The van der Waals surface area contributed by atoms with Gasteiger partial charge >= 0.3 is 0 Å². The van der Waals surface area contributed by atoms with Crippen molar-refractivity contribution in [3.8, 4) is 0 Å². The van der Waals surface area contributed by atoms with Crippen molar-refractivity contribution in [2.24, 2.45) is 0 Å². The van der Waals surface area contributed by atoms with Gasteiger partial charge in [0.15, 0.2) is 0 Å². The SMILES string of the molecule is CN(C)CCCNC(=O)CN(c1ccc([N+](=O)[O-])cc1)S(=O)(=O)c1ccccc1. The van der Waals surface area contributed by atoms with Crippen LogP contribution >= 0.6 is 0 Å². The van der Waals surface area contributed by atoms with Crippen LogP contribution in [0.2, 0.25) is 0 Å². The van der Waals surface area contributed by atoms with Gasteiger partial charge in [-0.15, -0.1) is 0 Å². The van der Waals surface area contributed by atoms with Gasteiger partial charge in [-0.05, 0) is 51.3 Å². The molecule has 2 aromatic carbocycles. The zero-order chi connectivity index (χ0) is 21.4. The number of rotatable bonds is 10. The largest absolute Gasteiger partial charge is 0.354 e. The number of hydrogen-bond acceptors (Lipinski definition) is 6. The van der Waals surface area contributed by atoms with Gasteiger partial charge in [0, 0.05) is 18.7 Å². The van der Waals surface area contributed by atoms with Crippen LogP contribution < -0.4 is 9.62 Å². The van der Waals surface area contributed by atoms with Crippen molar-refractivity contribution in [2.75, 3.05) is 38.0 Å². The second kappa shape index (κ2) is 9.99. The topological polar surface area (TPSA) is 113 Å². The first-order valence-electron chi connectivity index (χ1n) is 8.95. The molecular weight excluding hydrogens is 396 g/mol. The van der Waals surface area contributed by atoms with Crippen molar-refractivity contribution in [3.63, 3.8) is 0 Å². The van der Waals surface area contributed by atoms with E-state index in [1.54, 1.807) is 18.2 Å². The van der Waals surface area contributed by atoms with E-state index in [4.69, 9.17) is 0 Å². The predicted octanol–water partition coefficient (Wildman–Crippen LogP) is 1.86. The van der Waals surface area contributed by atoms with Crippen molar-refractivity contribution in [1.29, 1.82) is 0 Å². The van der Waals surface area contributed by atoms with Crippen LogP contribution in [-0.2, 0) is 14.8 Å². The first kappa shape index (κ1) is 22.3. The molecule has 0 aliphatic carbocycles. The predicted molar refractivity (Wildman–Crippen MR) is 110 cm³/mol. The van der Waals surface area contributed by atoms with Gasteiger partial charge in [-0.3, -0.25) is 19.2 Å². The summed E-state index contributed by atoms with van der Waals surface area (Å²) in [5.74, 6) is -0.457. The highest BCUT2D eigenvalue weighted by Crippen LogP contribution is 2.25. The second-order valence-electron chi connectivity index (χ2n) is 6.61. The average Bonchev–Trinajstić information content (AvgIpc) is 2.70. The molecule has 0 atom stereocenters. The number of nitro groups is 1. The fraction of sp³-hybridized carbons (Fsp3) is 0.316. The summed E-state index contributed by atoms with van der Waals surface area (Å²) in [5.41, 5.74) is 0.00170. The van der Waals surface area contributed by atoms with Gasteiger partial charge in [0.2, 0.25) is 5.91 Å². The first-order chi connectivity index (χ1) is 13.7. The molecule has 0 aliphatic heterocycles. The van der Waals surface area contributed by atoms with Crippen LogP contribution in [0, 0.1) is 10.1 Å². The molecule has 2 rings (SSSR count). The van der Waals surface area contributed by atoms with Crippen LogP contribution in [0.5, 0.6) is 0 Å². The molecule has 10 heteroatoms. The fourth-order valence-corrected chi connectivity index (χ4v) is 4.03. The van der Waals surface area contributed by atoms with Gasteiger partial charge in [-0.2, -0.15) is 0 Å². The number of benzene rings is 2. The highest BCUT2D eigenvalue weighted by atomic mass is 32.2. The zero-order valence-corrected chi connectivity index (χ0v) is 17.1. The Kier molecular flexibility index (Phi) is 7.68. The van der Waals surface area contributed by atoms with Gasteiger partial charge in [-0.25, -0.2) is 8.42 Å². The lowest BCUT2D eigenvalue weighted by Gasteiger charge is -2.24. The minimum Gasteiger partial charge on any atom is -0.354 e. The van der Waals surface area contributed by atoms with E-state index in [-0.39, 0.29) is 16.3 Å². The van der Waals surface area contributed by atoms with Crippen molar-refractivity contribution in [2.45, 2.75) is 11.3 Å². The Morgan fingerprint density at radius 2 is 1.69 bits per heavy atom. The number of nitrogens with zero attached hydrogens (tertiary/aromatic N) is 3. The summed E-state index contributed by atoms with van der Waals surface area (Å²) < 4.78 is 27.2. The number of amides is 1. The summed E-state index contributed by atoms with van der Waals surface area (Å²) in [6.45, 7) is 0.766. The number of nitro benzene ring substituents is 1. The molecule has 0 saturated carbocycles. The molecule has 1 amide bonds. The maximum absolute atomic E-state index is 13.1. The van der Waals surface area contributed by atoms with Gasteiger partial charge in [-0.1, -0.05) is 18.2 Å². The van der Waals surface area contributed by atoms with E-state index in [9.17, 15) is 23.3 Å². The van der Waals surface area contributed by atoms with Crippen LogP contribution in [0.1, 0.15) is 6.42 Å². The Bertz CT molecular complexity index is 931. The average molecular weight is 420 g/mol. The molecule has 0 aromatic heterocycles. The maximum atomic E-state index is 13.1. The Morgan fingerprint density at radius 1 is 1.07 bits per heavy atom. The molecule has 0 aliphatic rings. The van der Waals surface area contributed by atoms with E-state index in [1.165, 1.54) is 36.4 Å². The Balaban J connectivity index is 2.26. The molecule has 29 heavy (non-hydrogen) atoms. The molecule has 9 nitrogen and oxygen atoms in total. The number of anilines is 1. The van der Waals surface area contributed by atoms with Gasteiger partial charge in [0.1, 0.15) is 6.54 Å². The Hall–Kier alpha value is -2.98. The summed E-state index contributed by atoms with van der Waals surface area (Å²) in [7, 11) is -0.189. The molecule has 2 aromatic rings. The monoisotopic (exact) mass is 420 g/mol. The molecule has 0 unspecified atom stereocenters. The van der Waals surface area contributed by atoms with E-state index in [1.807, 2.05) is 19.0 Å². The van der Waals surface area contributed by atoms with Crippen LogP contribution in [0.3, 0.4) is 0 Å². The zero-order valence-electron chi connectivity index (χ0n) is 16.3. The molecule has 1 N–H and O–H groups in total. The van der Waals surface area contributed by atoms with Crippen LogP contribution in [0.25, 0.3) is 0 Å². The number of sulfonamides is 1. The third-order valence-corrected chi connectivity index (χ3v) is 5.86. The van der Waals surface area contributed by atoms with Crippen LogP contribution in [0.15, 0.2) is 59.5 Å². The minimum atomic E-state index is -4.03. The van der Waals surface area contributed by atoms with Crippen molar-refractivity contribution in [3.05, 3.63) is 64.7 Å². The maximum Gasteiger partial charge on any atom is 0.269 e. The van der Waals surface area contributed by atoms with Crippen molar-refractivity contribution >= 4 is 27.3 Å². The van der Waals surface area contributed by atoms with Crippen molar-refractivity contribution < 1.29 is 18.1 Å². The summed E-state index contributed by atoms with van der Waals surface area (Å²) in [5, 5.41) is 13.6. The molecule has 0 saturated heterocycles. The molecular formula is C19H24N4O5S. The highest BCUT2D eigenvalue weighted by Gasteiger charge is 2.27.